The molecule has 5 nitrogen and oxygen atoms in total. The Bertz CT molecular complexity index is 664. The Balaban J connectivity index is 1.68. The van der Waals surface area contributed by atoms with E-state index in [1.54, 1.807) is 14.2 Å². The van der Waals surface area contributed by atoms with E-state index < -0.39 is 0 Å². The number of allylic oxidation sites excluding steroid dienone is 3. The van der Waals surface area contributed by atoms with Crippen LogP contribution in [0.3, 0.4) is 0 Å². The number of fused-ring (bicyclic) bond motifs is 5. The standard InChI is InChI=1S/C22H32O5/c1-22-9-4-5-17(22)15-7-6-14-11-18(26-12-24-2)20(23)21(27-13-25-3)19(14)16(15)8-10-22/h6,11,15-17,19,23H,4-5,7-10,12-13H2,1-3H3/t15-,16+,17+,19+,22+/m1/s1. The summed E-state index contributed by atoms with van der Waals surface area (Å²) in [5.41, 5.74) is 1.70. The molecule has 27 heavy (non-hydrogen) atoms. The number of hydrogen-bond donors (Lipinski definition) is 1. The SMILES string of the molecule is COCOC1=CC2=CC[C@@H]3[C@H](CC[C@]4(C)CCC[C@@H]34)[C@H]2C(OCOC)=C1O. The molecule has 0 heterocycles. The molecular weight excluding hydrogens is 344 g/mol. The molecule has 1 N–H and O–H groups in total. The first-order valence-corrected chi connectivity index (χ1v) is 10.2. The van der Waals surface area contributed by atoms with Crippen LogP contribution in [0, 0.1) is 29.1 Å². The summed E-state index contributed by atoms with van der Waals surface area (Å²) >= 11 is 0. The zero-order chi connectivity index (χ0) is 19.0. The van der Waals surface area contributed by atoms with Crippen LogP contribution >= 0.6 is 0 Å². The van der Waals surface area contributed by atoms with Crippen LogP contribution in [0.5, 0.6) is 0 Å². The molecule has 5 atom stereocenters. The van der Waals surface area contributed by atoms with Crippen molar-refractivity contribution in [2.24, 2.45) is 29.1 Å². The predicted molar refractivity (Wildman–Crippen MR) is 102 cm³/mol. The van der Waals surface area contributed by atoms with E-state index in [9.17, 15) is 5.11 Å². The molecule has 0 bridgehead atoms. The summed E-state index contributed by atoms with van der Waals surface area (Å²) in [5.74, 6) is 3.18. The largest absolute Gasteiger partial charge is 0.502 e. The monoisotopic (exact) mass is 376 g/mol. The van der Waals surface area contributed by atoms with Gasteiger partial charge in [-0.2, -0.15) is 0 Å². The minimum absolute atomic E-state index is 0.0895. The first kappa shape index (κ1) is 18.9. The normalized spacial score (nSPS) is 37.7. The summed E-state index contributed by atoms with van der Waals surface area (Å²) in [4.78, 5) is 0. The van der Waals surface area contributed by atoms with Crippen molar-refractivity contribution in [3.8, 4) is 0 Å². The van der Waals surface area contributed by atoms with E-state index in [2.05, 4.69) is 13.0 Å². The van der Waals surface area contributed by atoms with Crippen molar-refractivity contribution in [2.45, 2.75) is 45.4 Å². The van der Waals surface area contributed by atoms with Gasteiger partial charge in [0, 0.05) is 20.1 Å². The lowest BCUT2D eigenvalue weighted by Crippen LogP contribution is -2.44. The average Bonchev–Trinajstić information content (AvgIpc) is 3.07. The lowest BCUT2D eigenvalue weighted by molar-refractivity contribution is -0.0384. The second-order valence-corrected chi connectivity index (χ2v) is 8.76. The van der Waals surface area contributed by atoms with Crippen LogP contribution in [0.4, 0.5) is 0 Å². The zero-order valence-electron chi connectivity index (χ0n) is 16.7. The quantitative estimate of drug-likeness (QED) is 0.683. The van der Waals surface area contributed by atoms with Crippen LogP contribution in [0.25, 0.3) is 0 Å². The van der Waals surface area contributed by atoms with Crippen molar-refractivity contribution in [2.75, 3.05) is 27.8 Å². The van der Waals surface area contributed by atoms with E-state index in [0.29, 0.717) is 28.8 Å². The molecule has 2 fully saturated rings. The minimum atomic E-state index is 0.0895. The molecule has 2 saturated carbocycles. The molecule has 5 heteroatoms. The second-order valence-electron chi connectivity index (χ2n) is 8.76. The summed E-state index contributed by atoms with van der Waals surface area (Å²) in [7, 11) is 3.17. The molecule has 0 aliphatic heterocycles. The van der Waals surface area contributed by atoms with Gasteiger partial charge in [0.2, 0.25) is 0 Å². The van der Waals surface area contributed by atoms with E-state index in [0.717, 1.165) is 12.3 Å². The number of aliphatic hydroxyl groups excluding tert-OH is 1. The third kappa shape index (κ3) is 3.19. The van der Waals surface area contributed by atoms with Gasteiger partial charge in [-0.3, -0.25) is 0 Å². The zero-order valence-corrected chi connectivity index (χ0v) is 16.7. The van der Waals surface area contributed by atoms with Crippen molar-refractivity contribution < 1.29 is 24.1 Å². The van der Waals surface area contributed by atoms with Crippen LogP contribution in [0.2, 0.25) is 0 Å². The number of rotatable bonds is 6. The van der Waals surface area contributed by atoms with Gasteiger partial charge in [-0.25, -0.2) is 0 Å². The molecule has 0 unspecified atom stereocenters. The van der Waals surface area contributed by atoms with Gasteiger partial charge >= 0.3 is 0 Å². The first-order valence-electron chi connectivity index (χ1n) is 10.2. The van der Waals surface area contributed by atoms with Crippen molar-refractivity contribution in [1.82, 2.24) is 0 Å². The number of ether oxygens (including phenoxy) is 4. The highest BCUT2D eigenvalue weighted by atomic mass is 16.7. The number of methoxy groups -OCH3 is 2. The summed E-state index contributed by atoms with van der Waals surface area (Å²) in [6.07, 6.45) is 12.0. The van der Waals surface area contributed by atoms with Gasteiger partial charge in [0.05, 0.1) is 0 Å². The van der Waals surface area contributed by atoms with Crippen molar-refractivity contribution in [1.29, 1.82) is 0 Å². The molecule has 4 aliphatic carbocycles. The lowest BCUT2D eigenvalue weighted by atomic mass is 9.54. The smallest absolute Gasteiger partial charge is 0.197 e. The van der Waals surface area contributed by atoms with Gasteiger partial charge in [-0.1, -0.05) is 19.4 Å². The van der Waals surface area contributed by atoms with Gasteiger partial charge in [0.15, 0.2) is 30.9 Å². The molecule has 0 saturated heterocycles. The fourth-order valence-corrected chi connectivity index (χ4v) is 6.21. The molecule has 0 radical (unpaired) electrons. The van der Waals surface area contributed by atoms with E-state index in [4.69, 9.17) is 18.9 Å². The summed E-state index contributed by atoms with van der Waals surface area (Å²) in [6, 6.07) is 0. The van der Waals surface area contributed by atoms with Crippen LogP contribution in [-0.4, -0.2) is 32.9 Å². The van der Waals surface area contributed by atoms with Gasteiger partial charge < -0.3 is 24.1 Å². The van der Waals surface area contributed by atoms with Crippen molar-refractivity contribution in [3.63, 3.8) is 0 Å². The fraction of sp³-hybridized carbons (Fsp3) is 0.727. The van der Waals surface area contributed by atoms with Crippen molar-refractivity contribution in [3.05, 3.63) is 35.0 Å². The molecule has 0 spiro atoms. The highest BCUT2D eigenvalue weighted by molar-refractivity contribution is 5.44. The van der Waals surface area contributed by atoms with E-state index in [1.807, 2.05) is 6.08 Å². The second kappa shape index (κ2) is 7.51. The predicted octanol–water partition coefficient (Wildman–Crippen LogP) is 4.67. The molecule has 0 aromatic rings. The van der Waals surface area contributed by atoms with Crippen LogP contribution in [0.1, 0.15) is 45.4 Å². The number of aliphatic hydroxyl groups is 1. The lowest BCUT2D eigenvalue weighted by Gasteiger charge is -2.51. The Morgan fingerprint density at radius 3 is 2.63 bits per heavy atom. The molecule has 0 aromatic carbocycles. The molecule has 0 aromatic heterocycles. The molecular formula is C22H32O5. The fourth-order valence-electron chi connectivity index (χ4n) is 6.21. The highest BCUT2D eigenvalue weighted by Crippen LogP contribution is 2.61. The Morgan fingerprint density at radius 2 is 1.85 bits per heavy atom. The summed E-state index contributed by atoms with van der Waals surface area (Å²) in [6.45, 7) is 2.71. The Labute approximate surface area is 162 Å². The number of hydrogen-bond acceptors (Lipinski definition) is 5. The van der Waals surface area contributed by atoms with Crippen LogP contribution < -0.4 is 0 Å². The highest BCUT2D eigenvalue weighted by Gasteiger charge is 2.53. The van der Waals surface area contributed by atoms with Gasteiger partial charge in [0.1, 0.15) is 0 Å². The molecule has 150 valence electrons. The Morgan fingerprint density at radius 1 is 1.07 bits per heavy atom. The van der Waals surface area contributed by atoms with Gasteiger partial charge in [-0.05, 0) is 66.9 Å². The topological polar surface area (TPSA) is 57.2 Å². The first-order chi connectivity index (χ1) is 13.1. The molecule has 4 aliphatic rings. The molecule has 0 amide bonds. The van der Waals surface area contributed by atoms with Crippen LogP contribution in [-0.2, 0) is 18.9 Å². The summed E-state index contributed by atoms with van der Waals surface area (Å²) < 4.78 is 21.7. The summed E-state index contributed by atoms with van der Waals surface area (Å²) in [5, 5.41) is 10.9. The van der Waals surface area contributed by atoms with E-state index in [-0.39, 0.29) is 25.3 Å². The third-order valence-electron chi connectivity index (χ3n) is 7.40. The van der Waals surface area contributed by atoms with Gasteiger partial charge in [0.25, 0.3) is 0 Å². The van der Waals surface area contributed by atoms with E-state index in [1.165, 1.54) is 37.7 Å². The van der Waals surface area contributed by atoms with E-state index >= 15 is 0 Å². The Hall–Kier alpha value is -1.46. The van der Waals surface area contributed by atoms with Gasteiger partial charge in [-0.15, -0.1) is 0 Å². The average molecular weight is 376 g/mol. The third-order valence-corrected chi connectivity index (χ3v) is 7.40. The maximum absolute atomic E-state index is 10.9. The maximum Gasteiger partial charge on any atom is 0.197 e. The molecule has 4 rings (SSSR count). The maximum atomic E-state index is 10.9. The Kier molecular flexibility index (Phi) is 5.26. The van der Waals surface area contributed by atoms with Crippen molar-refractivity contribution >= 4 is 0 Å². The minimum Gasteiger partial charge on any atom is -0.502 e. The van der Waals surface area contributed by atoms with Crippen LogP contribution in [0.15, 0.2) is 35.0 Å².